The Labute approximate surface area is 89.0 Å². The molecule has 0 amide bonds. The van der Waals surface area contributed by atoms with Crippen LogP contribution in [0.3, 0.4) is 0 Å². The van der Waals surface area contributed by atoms with Crippen molar-refractivity contribution in [1.29, 1.82) is 0 Å². The van der Waals surface area contributed by atoms with E-state index in [1.807, 2.05) is 6.92 Å². The lowest BCUT2D eigenvalue weighted by atomic mass is 10.2. The third-order valence-corrected chi connectivity index (χ3v) is 1.75. The molecule has 15 heavy (non-hydrogen) atoms. The predicted molar refractivity (Wildman–Crippen MR) is 58.4 cm³/mol. The van der Waals surface area contributed by atoms with E-state index in [1.165, 1.54) is 6.08 Å². The highest BCUT2D eigenvalue weighted by Crippen LogP contribution is 2.10. The number of rotatable bonds is 4. The van der Waals surface area contributed by atoms with Crippen LogP contribution < -0.4 is 0 Å². The second kappa shape index (κ2) is 5.86. The Kier molecular flexibility index (Phi) is 4.41. The molecule has 80 valence electrons. The molecule has 0 saturated carbocycles. The number of phenolic OH excluding ortho intramolecular Hbond substituents is 1. The SMILES string of the molecule is CCCOC(=O)/C=C/c1ccc(O)cc1. The Bertz CT molecular complexity index is 338. The van der Waals surface area contributed by atoms with Crippen molar-refractivity contribution in [2.45, 2.75) is 13.3 Å². The number of ether oxygens (including phenoxy) is 1. The first kappa shape index (κ1) is 11.3. The van der Waals surface area contributed by atoms with Gasteiger partial charge in [-0.05, 0) is 30.2 Å². The summed E-state index contributed by atoms with van der Waals surface area (Å²) >= 11 is 0. The monoisotopic (exact) mass is 206 g/mol. The molecule has 1 aromatic rings. The topological polar surface area (TPSA) is 46.5 Å². The van der Waals surface area contributed by atoms with Gasteiger partial charge in [0.05, 0.1) is 6.61 Å². The van der Waals surface area contributed by atoms with Gasteiger partial charge in [0.1, 0.15) is 5.75 Å². The Morgan fingerprint density at radius 3 is 2.67 bits per heavy atom. The fraction of sp³-hybridized carbons (Fsp3) is 0.250. The average molecular weight is 206 g/mol. The van der Waals surface area contributed by atoms with Crippen LogP contribution in [0.4, 0.5) is 0 Å². The van der Waals surface area contributed by atoms with Gasteiger partial charge >= 0.3 is 5.97 Å². The molecule has 3 nitrogen and oxygen atoms in total. The molecular weight excluding hydrogens is 192 g/mol. The number of phenols is 1. The fourth-order valence-electron chi connectivity index (χ4n) is 1.00. The zero-order chi connectivity index (χ0) is 11.1. The molecule has 0 spiro atoms. The molecule has 0 bridgehead atoms. The number of hydrogen-bond donors (Lipinski definition) is 1. The lowest BCUT2D eigenvalue weighted by Crippen LogP contribution is -2.00. The zero-order valence-electron chi connectivity index (χ0n) is 8.64. The minimum atomic E-state index is -0.343. The van der Waals surface area contributed by atoms with E-state index < -0.39 is 0 Å². The van der Waals surface area contributed by atoms with Gasteiger partial charge in [-0.2, -0.15) is 0 Å². The third kappa shape index (κ3) is 4.31. The molecule has 0 saturated heterocycles. The molecule has 0 atom stereocenters. The van der Waals surface area contributed by atoms with Crippen LogP contribution in [0, 0.1) is 0 Å². The second-order valence-corrected chi connectivity index (χ2v) is 3.09. The molecule has 0 aromatic heterocycles. The highest BCUT2D eigenvalue weighted by Gasteiger charge is 1.94. The third-order valence-electron chi connectivity index (χ3n) is 1.75. The summed E-state index contributed by atoms with van der Waals surface area (Å²) in [5.41, 5.74) is 0.848. The summed E-state index contributed by atoms with van der Waals surface area (Å²) in [5, 5.41) is 9.03. The van der Waals surface area contributed by atoms with Crippen molar-refractivity contribution in [1.82, 2.24) is 0 Å². The van der Waals surface area contributed by atoms with Crippen LogP contribution in [0.2, 0.25) is 0 Å². The van der Waals surface area contributed by atoms with Crippen molar-refractivity contribution in [2.24, 2.45) is 0 Å². The predicted octanol–water partition coefficient (Wildman–Crippen LogP) is 2.36. The number of hydrogen-bond acceptors (Lipinski definition) is 3. The molecule has 1 N–H and O–H groups in total. The normalized spacial score (nSPS) is 10.5. The van der Waals surface area contributed by atoms with E-state index in [-0.39, 0.29) is 11.7 Å². The molecule has 0 heterocycles. The standard InChI is InChI=1S/C12H14O3/c1-2-9-15-12(14)8-5-10-3-6-11(13)7-4-10/h3-8,13H,2,9H2,1H3/b8-5+. The Morgan fingerprint density at radius 1 is 1.40 bits per heavy atom. The van der Waals surface area contributed by atoms with Crippen LogP contribution in [0.15, 0.2) is 30.3 Å². The van der Waals surface area contributed by atoms with Crippen LogP contribution in [-0.4, -0.2) is 17.7 Å². The van der Waals surface area contributed by atoms with Crippen molar-refractivity contribution in [2.75, 3.05) is 6.61 Å². The minimum Gasteiger partial charge on any atom is -0.508 e. The van der Waals surface area contributed by atoms with Crippen molar-refractivity contribution in [3.63, 3.8) is 0 Å². The Hall–Kier alpha value is -1.77. The first-order valence-electron chi connectivity index (χ1n) is 4.86. The van der Waals surface area contributed by atoms with Crippen molar-refractivity contribution in [3.8, 4) is 5.75 Å². The summed E-state index contributed by atoms with van der Waals surface area (Å²) in [6.45, 7) is 2.38. The maximum atomic E-state index is 11.1. The van der Waals surface area contributed by atoms with E-state index in [9.17, 15) is 4.79 Å². The van der Waals surface area contributed by atoms with Crippen molar-refractivity contribution < 1.29 is 14.6 Å². The molecule has 0 aliphatic heterocycles. The van der Waals surface area contributed by atoms with Crippen LogP contribution in [-0.2, 0) is 9.53 Å². The average Bonchev–Trinajstić information content (AvgIpc) is 2.25. The molecule has 0 aliphatic rings. The highest BCUT2D eigenvalue weighted by molar-refractivity contribution is 5.87. The van der Waals surface area contributed by atoms with Crippen molar-refractivity contribution >= 4 is 12.0 Å². The molecule has 0 radical (unpaired) electrons. The van der Waals surface area contributed by atoms with E-state index >= 15 is 0 Å². The van der Waals surface area contributed by atoms with Gasteiger partial charge in [0.2, 0.25) is 0 Å². The molecular formula is C12H14O3. The summed E-state index contributed by atoms with van der Waals surface area (Å²) in [6.07, 6.45) is 3.85. The lowest BCUT2D eigenvalue weighted by Gasteiger charge is -1.97. The molecule has 3 heteroatoms. The van der Waals surface area contributed by atoms with Gasteiger partial charge in [-0.3, -0.25) is 0 Å². The van der Waals surface area contributed by atoms with Gasteiger partial charge in [-0.1, -0.05) is 19.1 Å². The van der Waals surface area contributed by atoms with Gasteiger partial charge in [0.15, 0.2) is 0 Å². The number of esters is 1. The zero-order valence-corrected chi connectivity index (χ0v) is 8.64. The van der Waals surface area contributed by atoms with E-state index in [1.54, 1.807) is 30.3 Å². The number of benzene rings is 1. The summed E-state index contributed by atoms with van der Waals surface area (Å²) < 4.78 is 4.86. The summed E-state index contributed by atoms with van der Waals surface area (Å²) in [5.74, 6) is -0.134. The highest BCUT2D eigenvalue weighted by atomic mass is 16.5. The smallest absolute Gasteiger partial charge is 0.330 e. The molecule has 1 rings (SSSR count). The Balaban J connectivity index is 2.50. The van der Waals surface area contributed by atoms with Crippen LogP contribution in [0.1, 0.15) is 18.9 Å². The minimum absolute atomic E-state index is 0.209. The molecule has 0 fully saturated rings. The largest absolute Gasteiger partial charge is 0.508 e. The van der Waals surface area contributed by atoms with Crippen LogP contribution in [0.25, 0.3) is 6.08 Å². The molecule has 1 aromatic carbocycles. The number of aromatic hydroxyl groups is 1. The number of carbonyl (C=O) groups excluding carboxylic acids is 1. The summed E-state index contributed by atoms with van der Waals surface area (Å²) in [7, 11) is 0. The molecule has 0 aliphatic carbocycles. The second-order valence-electron chi connectivity index (χ2n) is 3.09. The van der Waals surface area contributed by atoms with Gasteiger partial charge in [-0.15, -0.1) is 0 Å². The summed E-state index contributed by atoms with van der Waals surface area (Å²) in [6, 6.07) is 6.58. The molecule has 0 unspecified atom stereocenters. The van der Waals surface area contributed by atoms with Gasteiger partial charge in [0, 0.05) is 6.08 Å². The van der Waals surface area contributed by atoms with E-state index in [2.05, 4.69) is 0 Å². The van der Waals surface area contributed by atoms with Gasteiger partial charge < -0.3 is 9.84 Å². The number of carbonyl (C=O) groups is 1. The first-order valence-corrected chi connectivity index (χ1v) is 4.86. The van der Waals surface area contributed by atoms with E-state index in [4.69, 9.17) is 9.84 Å². The first-order chi connectivity index (χ1) is 7.22. The van der Waals surface area contributed by atoms with Gasteiger partial charge in [-0.25, -0.2) is 4.79 Å². The fourth-order valence-corrected chi connectivity index (χ4v) is 1.00. The van der Waals surface area contributed by atoms with Crippen LogP contribution in [0.5, 0.6) is 5.75 Å². The van der Waals surface area contributed by atoms with E-state index in [0.29, 0.717) is 6.61 Å². The van der Waals surface area contributed by atoms with Gasteiger partial charge in [0.25, 0.3) is 0 Å². The van der Waals surface area contributed by atoms with E-state index in [0.717, 1.165) is 12.0 Å². The summed E-state index contributed by atoms with van der Waals surface area (Å²) in [4.78, 5) is 11.1. The lowest BCUT2D eigenvalue weighted by molar-refractivity contribution is -0.137. The van der Waals surface area contributed by atoms with Crippen molar-refractivity contribution in [3.05, 3.63) is 35.9 Å². The maximum Gasteiger partial charge on any atom is 0.330 e. The quantitative estimate of drug-likeness (QED) is 0.607. The van der Waals surface area contributed by atoms with Crippen LogP contribution >= 0.6 is 0 Å². The Morgan fingerprint density at radius 2 is 2.07 bits per heavy atom. The maximum absolute atomic E-state index is 11.1.